The Morgan fingerprint density at radius 2 is 1.75 bits per heavy atom. The van der Waals surface area contributed by atoms with Gasteiger partial charge < -0.3 is 15.4 Å². The standard InChI is InChI=1S/C15H28N2O3/c1-5-7-13(18)16-11-8-6-9-12(10-11)17-14(19)20-15(2,3)4/h11-12H,5-10H2,1-4H3,(H,16,18)(H,17,19)/t11-,12+/m0/s1. The molecular weight excluding hydrogens is 256 g/mol. The summed E-state index contributed by atoms with van der Waals surface area (Å²) in [5.41, 5.74) is -0.479. The van der Waals surface area contributed by atoms with Crippen molar-refractivity contribution in [2.75, 3.05) is 0 Å². The third-order valence-electron chi connectivity index (χ3n) is 3.24. The number of ether oxygens (including phenoxy) is 1. The highest BCUT2D eigenvalue weighted by atomic mass is 16.6. The summed E-state index contributed by atoms with van der Waals surface area (Å²) < 4.78 is 5.26. The van der Waals surface area contributed by atoms with Crippen molar-refractivity contribution in [3.63, 3.8) is 0 Å². The molecule has 0 aromatic heterocycles. The van der Waals surface area contributed by atoms with Crippen LogP contribution in [0, 0.1) is 0 Å². The third kappa shape index (κ3) is 6.78. The Hall–Kier alpha value is -1.26. The summed E-state index contributed by atoms with van der Waals surface area (Å²) in [6.07, 6.45) is 4.79. The fourth-order valence-corrected chi connectivity index (χ4v) is 2.45. The average Bonchev–Trinajstić information content (AvgIpc) is 2.26. The van der Waals surface area contributed by atoms with Gasteiger partial charge in [-0.15, -0.1) is 0 Å². The molecule has 5 heteroatoms. The van der Waals surface area contributed by atoms with Gasteiger partial charge in [0.15, 0.2) is 0 Å². The van der Waals surface area contributed by atoms with E-state index in [1.54, 1.807) is 0 Å². The number of nitrogens with one attached hydrogen (secondary N) is 2. The van der Waals surface area contributed by atoms with E-state index in [0.29, 0.717) is 6.42 Å². The molecule has 20 heavy (non-hydrogen) atoms. The highest BCUT2D eigenvalue weighted by Crippen LogP contribution is 2.19. The van der Waals surface area contributed by atoms with Gasteiger partial charge in [-0.25, -0.2) is 4.79 Å². The van der Waals surface area contributed by atoms with Gasteiger partial charge >= 0.3 is 6.09 Å². The van der Waals surface area contributed by atoms with Crippen LogP contribution in [0.3, 0.4) is 0 Å². The Morgan fingerprint density at radius 1 is 1.15 bits per heavy atom. The molecule has 1 aliphatic carbocycles. The molecule has 0 spiro atoms. The van der Waals surface area contributed by atoms with Gasteiger partial charge in [0.05, 0.1) is 0 Å². The molecule has 0 bridgehead atoms. The second kappa shape index (κ2) is 7.50. The molecule has 0 unspecified atom stereocenters. The third-order valence-corrected chi connectivity index (χ3v) is 3.24. The fraction of sp³-hybridized carbons (Fsp3) is 0.867. The maximum atomic E-state index is 11.7. The SMILES string of the molecule is CCCC(=O)N[C@H]1CCC[C@@H](NC(=O)OC(C)(C)C)C1. The van der Waals surface area contributed by atoms with E-state index in [1.807, 2.05) is 27.7 Å². The highest BCUT2D eigenvalue weighted by Gasteiger charge is 2.26. The summed E-state index contributed by atoms with van der Waals surface area (Å²) in [4.78, 5) is 23.3. The number of alkyl carbamates (subject to hydrolysis) is 1. The summed E-state index contributed by atoms with van der Waals surface area (Å²) in [7, 11) is 0. The zero-order valence-electron chi connectivity index (χ0n) is 13.1. The van der Waals surface area contributed by atoms with Crippen molar-refractivity contribution in [1.29, 1.82) is 0 Å². The first-order valence-electron chi connectivity index (χ1n) is 7.59. The molecule has 0 saturated heterocycles. The predicted octanol–water partition coefficient (Wildman–Crippen LogP) is 2.74. The Kier molecular flexibility index (Phi) is 6.30. The first kappa shape index (κ1) is 16.8. The molecule has 0 aromatic carbocycles. The topological polar surface area (TPSA) is 67.4 Å². The van der Waals surface area contributed by atoms with Crippen LogP contribution >= 0.6 is 0 Å². The quantitative estimate of drug-likeness (QED) is 0.834. The number of carbonyl (C=O) groups excluding carboxylic acids is 2. The summed E-state index contributed by atoms with van der Waals surface area (Å²) in [5, 5.41) is 5.94. The summed E-state index contributed by atoms with van der Waals surface area (Å²) in [6, 6.07) is 0.258. The van der Waals surface area contributed by atoms with Crippen LogP contribution in [0.15, 0.2) is 0 Å². The van der Waals surface area contributed by atoms with Gasteiger partial charge in [0.2, 0.25) is 5.91 Å². The van der Waals surface area contributed by atoms with E-state index in [9.17, 15) is 9.59 Å². The van der Waals surface area contributed by atoms with Crippen LogP contribution in [0.5, 0.6) is 0 Å². The van der Waals surface area contributed by atoms with Gasteiger partial charge in [-0.2, -0.15) is 0 Å². The lowest BCUT2D eigenvalue weighted by molar-refractivity contribution is -0.122. The van der Waals surface area contributed by atoms with Crippen molar-refractivity contribution < 1.29 is 14.3 Å². The average molecular weight is 284 g/mol. The van der Waals surface area contributed by atoms with Crippen molar-refractivity contribution >= 4 is 12.0 Å². The van der Waals surface area contributed by atoms with Crippen molar-refractivity contribution in [2.45, 2.75) is 83.9 Å². The monoisotopic (exact) mass is 284 g/mol. The summed E-state index contributed by atoms with van der Waals surface area (Å²) >= 11 is 0. The van der Waals surface area contributed by atoms with Crippen molar-refractivity contribution in [3.8, 4) is 0 Å². The van der Waals surface area contributed by atoms with Crippen LogP contribution < -0.4 is 10.6 Å². The molecule has 2 atom stereocenters. The van der Waals surface area contributed by atoms with Crippen LogP contribution in [-0.2, 0) is 9.53 Å². The molecule has 1 rings (SSSR count). The van der Waals surface area contributed by atoms with E-state index >= 15 is 0 Å². The lowest BCUT2D eigenvalue weighted by Gasteiger charge is -2.31. The van der Waals surface area contributed by atoms with Gasteiger partial charge in [0.25, 0.3) is 0 Å². The second-order valence-corrected chi connectivity index (χ2v) is 6.52. The number of amides is 2. The Morgan fingerprint density at radius 3 is 2.30 bits per heavy atom. The molecule has 0 aliphatic heterocycles. The zero-order chi connectivity index (χ0) is 15.2. The lowest BCUT2D eigenvalue weighted by Crippen LogP contribution is -2.46. The molecule has 0 heterocycles. The highest BCUT2D eigenvalue weighted by molar-refractivity contribution is 5.76. The number of hydrogen-bond acceptors (Lipinski definition) is 3. The largest absolute Gasteiger partial charge is 0.444 e. The number of rotatable bonds is 4. The predicted molar refractivity (Wildman–Crippen MR) is 78.5 cm³/mol. The van der Waals surface area contributed by atoms with E-state index < -0.39 is 5.60 Å². The first-order valence-corrected chi connectivity index (χ1v) is 7.59. The van der Waals surface area contributed by atoms with Crippen LogP contribution in [0.25, 0.3) is 0 Å². The minimum Gasteiger partial charge on any atom is -0.444 e. The smallest absolute Gasteiger partial charge is 0.407 e. The molecule has 2 amide bonds. The van der Waals surface area contributed by atoms with Gasteiger partial charge in [-0.1, -0.05) is 6.92 Å². The van der Waals surface area contributed by atoms with E-state index in [-0.39, 0.29) is 24.1 Å². The van der Waals surface area contributed by atoms with Crippen LogP contribution in [0.2, 0.25) is 0 Å². The molecule has 1 aliphatic rings. The van der Waals surface area contributed by atoms with Crippen molar-refractivity contribution in [2.24, 2.45) is 0 Å². The van der Waals surface area contributed by atoms with E-state index in [4.69, 9.17) is 4.74 Å². The first-order chi connectivity index (χ1) is 9.30. The molecular formula is C15H28N2O3. The molecule has 1 fully saturated rings. The van der Waals surface area contributed by atoms with Gasteiger partial charge in [0.1, 0.15) is 5.60 Å². The van der Waals surface area contributed by atoms with E-state index in [0.717, 1.165) is 32.1 Å². The van der Waals surface area contributed by atoms with Gasteiger partial charge in [-0.3, -0.25) is 4.79 Å². The van der Waals surface area contributed by atoms with Crippen molar-refractivity contribution in [1.82, 2.24) is 10.6 Å². The maximum absolute atomic E-state index is 11.7. The minimum absolute atomic E-state index is 0.0885. The van der Waals surface area contributed by atoms with Crippen LogP contribution in [0.4, 0.5) is 4.79 Å². The molecule has 116 valence electrons. The molecule has 0 radical (unpaired) electrons. The van der Waals surface area contributed by atoms with E-state index in [2.05, 4.69) is 10.6 Å². The van der Waals surface area contributed by atoms with Crippen molar-refractivity contribution in [3.05, 3.63) is 0 Å². The summed E-state index contributed by atoms with van der Waals surface area (Å²) in [5.74, 6) is 0.107. The second-order valence-electron chi connectivity index (χ2n) is 6.52. The fourth-order valence-electron chi connectivity index (χ4n) is 2.45. The maximum Gasteiger partial charge on any atom is 0.407 e. The summed E-state index contributed by atoms with van der Waals surface area (Å²) in [6.45, 7) is 7.54. The van der Waals surface area contributed by atoms with Gasteiger partial charge in [-0.05, 0) is 52.9 Å². The molecule has 1 saturated carbocycles. The van der Waals surface area contributed by atoms with Gasteiger partial charge in [0, 0.05) is 18.5 Å². The van der Waals surface area contributed by atoms with E-state index in [1.165, 1.54) is 0 Å². The molecule has 5 nitrogen and oxygen atoms in total. The molecule has 0 aromatic rings. The van der Waals surface area contributed by atoms with Crippen LogP contribution in [0.1, 0.15) is 66.2 Å². The molecule has 2 N–H and O–H groups in total. The van der Waals surface area contributed by atoms with Crippen LogP contribution in [-0.4, -0.2) is 29.7 Å². The zero-order valence-corrected chi connectivity index (χ0v) is 13.1. The number of carbonyl (C=O) groups is 2. The lowest BCUT2D eigenvalue weighted by atomic mass is 9.91. The Bertz CT molecular complexity index is 337. The number of hydrogen-bond donors (Lipinski definition) is 2. The normalized spacial score (nSPS) is 23.0. The Labute approximate surface area is 121 Å². The Balaban J connectivity index is 2.37. The minimum atomic E-state index is -0.479.